The molecule has 1 fully saturated rings. The second kappa shape index (κ2) is 5.00. The molecule has 0 aromatic carbocycles. The number of anilines is 1. The summed E-state index contributed by atoms with van der Waals surface area (Å²) in [6.07, 6.45) is 8.01. The number of allylic oxidation sites excluding steroid dienone is 1. The third-order valence-corrected chi connectivity index (χ3v) is 4.42. The van der Waals surface area contributed by atoms with Crippen LogP contribution in [0.3, 0.4) is 0 Å². The summed E-state index contributed by atoms with van der Waals surface area (Å²) in [5, 5.41) is 10.4. The highest BCUT2D eigenvalue weighted by atomic mass is 32.2. The van der Waals surface area contributed by atoms with Crippen LogP contribution in [-0.2, 0) is 14.7 Å². The first kappa shape index (κ1) is 13.8. The minimum absolute atomic E-state index is 0.100. The molecule has 2 aliphatic rings. The maximum atomic E-state index is 11.6. The van der Waals surface area contributed by atoms with Crippen LogP contribution in [0.5, 0.6) is 0 Å². The molecule has 1 aliphatic heterocycles. The lowest BCUT2D eigenvalue weighted by Gasteiger charge is -2.32. The van der Waals surface area contributed by atoms with E-state index in [-0.39, 0.29) is 17.0 Å². The van der Waals surface area contributed by atoms with Gasteiger partial charge in [-0.3, -0.25) is 0 Å². The quantitative estimate of drug-likeness (QED) is 0.763. The molecule has 1 aliphatic carbocycles. The highest BCUT2D eigenvalue weighted by Crippen LogP contribution is 2.34. The fraction of sp³-hybridized carbons (Fsp3) is 0.462. The molecule has 0 saturated heterocycles. The molecule has 7 nitrogen and oxygen atoms in total. The van der Waals surface area contributed by atoms with Crippen LogP contribution >= 0.6 is 0 Å². The maximum absolute atomic E-state index is 11.6. The van der Waals surface area contributed by atoms with Gasteiger partial charge in [0.15, 0.2) is 5.82 Å². The minimum atomic E-state index is -3.49. The van der Waals surface area contributed by atoms with Crippen LogP contribution in [0.4, 0.5) is 5.82 Å². The van der Waals surface area contributed by atoms with Gasteiger partial charge in [-0.1, -0.05) is 12.8 Å². The van der Waals surface area contributed by atoms with Crippen LogP contribution in [-0.4, -0.2) is 30.7 Å². The number of nitriles is 1. The van der Waals surface area contributed by atoms with Crippen molar-refractivity contribution in [2.24, 2.45) is 0 Å². The molecule has 0 spiro atoms. The van der Waals surface area contributed by atoms with Crippen molar-refractivity contribution in [2.75, 3.05) is 11.3 Å². The van der Waals surface area contributed by atoms with Gasteiger partial charge in [0, 0.05) is 24.1 Å². The maximum Gasteiger partial charge on any atom is 0.248 e. The first-order valence-corrected chi connectivity index (χ1v) is 8.54. The van der Waals surface area contributed by atoms with Crippen LogP contribution in [0.25, 0.3) is 6.08 Å². The van der Waals surface area contributed by atoms with Crippen molar-refractivity contribution in [1.82, 2.24) is 9.97 Å². The Balaban J connectivity index is 2.10. The van der Waals surface area contributed by atoms with E-state index >= 15 is 0 Å². The zero-order valence-electron chi connectivity index (χ0n) is 11.5. The number of sulfone groups is 1. The molecular formula is C13H14N4O3S. The Hall–Kier alpha value is -2.14. The lowest BCUT2D eigenvalue weighted by Crippen LogP contribution is -2.36. The number of rotatable bonds is 2. The molecule has 1 saturated carbocycles. The molecule has 0 radical (unpaired) electrons. The number of hydroxylamine groups is 1. The Morgan fingerprint density at radius 3 is 2.76 bits per heavy atom. The predicted molar refractivity (Wildman–Crippen MR) is 74.6 cm³/mol. The van der Waals surface area contributed by atoms with E-state index in [4.69, 9.17) is 10.1 Å². The third kappa shape index (κ3) is 2.56. The largest absolute Gasteiger partial charge is 0.366 e. The molecule has 0 amide bonds. The second-order valence-corrected chi connectivity index (χ2v) is 7.09. The summed E-state index contributed by atoms with van der Waals surface area (Å²) >= 11 is 0. The van der Waals surface area contributed by atoms with Gasteiger partial charge in [-0.05, 0) is 12.8 Å². The molecule has 0 atom stereocenters. The Morgan fingerprint density at radius 1 is 1.43 bits per heavy atom. The van der Waals surface area contributed by atoms with Gasteiger partial charge in [0.25, 0.3) is 0 Å². The van der Waals surface area contributed by atoms with Gasteiger partial charge in [-0.25, -0.2) is 13.4 Å². The Labute approximate surface area is 122 Å². The van der Waals surface area contributed by atoms with Crippen molar-refractivity contribution >= 4 is 21.7 Å². The van der Waals surface area contributed by atoms with E-state index in [1.165, 1.54) is 12.3 Å². The number of nitrogens with zero attached hydrogens (tertiary/aromatic N) is 4. The fourth-order valence-corrected chi connectivity index (χ4v) is 3.08. The van der Waals surface area contributed by atoms with Gasteiger partial charge in [0.05, 0.1) is 6.04 Å². The molecule has 2 heterocycles. The average molecular weight is 306 g/mol. The number of hydrogen-bond acceptors (Lipinski definition) is 7. The van der Waals surface area contributed by atoms with Crippen LogP contribution in [0.1, 0.15) is 31.2 Å². The van der Waals surface area contributed by atoms with Crippen LogP contribution < -0.4 is 5.06 Å². The first-order chi connectivity index (χ1) is 9.99. The van der Waals surface area contributed by atoms with E-state index in [0.717, 1.165) is 31.9 Å². The molecular weight excluding hydrogens is 292 g/mol. The van der Waals surface area contributed by atoms with Crippen molar-refractivity contribution in [3.05, 3.63) is 17.5 Å². The lowest BCUT2D eigenvalue weighted by atomic mass is 10.2. The molecule has 3 rings (SSSR count). The van der Waals surface area contributed by atoms with Gasteiger partial charge in [0.1, 0.15) is 6.07 Å². The number of hydrogen-bond donors (Lipinski definition) is 0. The number of fused-ring (bicyclic) bond motifs is 1. The standard InChI is InChI=1S/C13H14N4O3S/c1-21(18,19)13-15-8-9-6-11(7-14)20-17(12(9)16-13)10-4-2-3-5-10/h6,8,10H,2-5H2,1H3. The fourth-order valence-electron chi connectivity index (χ4n) is 2.58. The summed E-state index contributed by atoms with van der Waals surface area (Å²) in [6, 6.07) is 2.07. The smallest absolute Gasteiger partial charge is 0.248 e. The summed E-state index contributed by atoms with van der Waals surface area (Å²) in [4.78, 5) is 13.5. The molecule has 21 heavy (non-hydrogen) atoms. The number of aromatic nitrogens is 2. The molecule has 1 aromatic heterocycles. The van der Waals surface area contributed by atoms with E-state index in [2.05, 4.69) is 9.97 Å². The van der Waals surface area contributed by atoms with E-state index in [1.54, 1.807) is 5.06 Å². The molecule has 1 aromatic rings. The zero-order chi connectivity index (χ0) is 15.0. The van der Waals surface area contributed by atoms with Crippen molar-refractivity contribution in [1.29, 1.82) is 5.26 Å². The topological polar surface area (TPSA) is 96.2 Å². The average Bonchev–Trinajstić information content (AvgIpc) is 2.98. The van der Waals surface area contributed by atoms with Crippen LogP contribution in [0.15, 0.2) is 17.1 Å². The highest BCUT2D eigenvalue weighted by Gasteiger charge is 2.32. The Bertz CT molecular complexity index is 745. The van der Waals surface area contributed by atoms with E-state index in [9.17, 15) is 8.42 Å². The predicted octanol–water partition coefficient (Wildman–Crippen LogP) is 1.44. The molecule has 110 valence electrons. The van der Waals surface area contributed by atoms with E-state index in [1.807, 2.05) is 6.07 Å². The van der Waals surface area contributed by atoms with Crippen molar-refractivity contribution < 1.29 is 13.3 Å². The van der Waals surface area contributed by atoms with E-state index < -0.39 is 9.84 Å². The zero-order valence-corrected chi connectivity index (χ0v) is 12.3. The highest BCUT2D eigenvalue weighted by molar-refractivity contribution is 7.90. The second-order valence-electron chi connectivity index (χ2n) is 5.18. The third-order valence-electron chi connectivity index (χ3n) is 3.56. The molecule has 0 unspecified atom stereocenters. The van der Waals surface area contributed by atoms with Crippen molar-refractivity contribution in [3.8, 4) is 6.07 Å². The minimum Gasteiger partial charge on any atom is -0.366 e. The summed E-state index contributed by atoms with van der Waals surface area (Å²) in [6.45, 7) is 0. The molecule has 0 bridgehead atoms. The van der Waals surface area contributed by atoms with Crippen LogP contribution in [0, 0.1) is 11.3 Å². The van der Waals surface area contributed by atoms with E-state index in [0.29, 0.717) is 11.4 Å². The molecule has 0 N–H and O–H groups in total. The molecule has 8 heteroatoms. The Morgan fingerprint density at radius 2 is 2.14 bits per heavy atom. The van der Waals surface area contributed by atoms with Gasteiger partial charge < -0.3 is 4.84 Å². The summed E-state index contributed by atoms with van der Waals surface area (Å²) in [5.74, 6) is 0.571. The van der Waals surface area contributed by atoms with Crippen LogP contribution in [0.2, 0.25) is 0 Å². The Kier molecular flexibility index (Phi) is 3.29. The normalized spacial score (nSPS) is 18.7. The summed E-state index contributed by atoms with van der Waals surface area (Å²) in [5.41, 5.74) is 0.595. The van der Waals surface area contributed by atoms with Crippen molar-refractivity contribution in [3.63, 3.8) is 0 Å². The summed E-state index contributed by atoms with van der Waals surface area (Å²) in [7, 11) is -3.49. The monoisotopic (exact) mass is 306 g/mol. The summed E-state index contributed by atoms with van der Waals surface area (Å²) < 4.78 is 23.2. The lowest BCUT2D eigenvalue weighted by molar-refractivity contribution is 0.160. The van der Waals surface area contributed by atoms with Gasteiger partial charge in [0.2, 0.25) is 20.8 Å². The van der Waals surface area contributed by atoms with Gasteiger partial charge in [-0.2, -0.15) is 15.3 Å². The van der Waals surface area contributed by atoms with Gasteiger partial charge >= 0.3 is 0 Å². The first-order valence-electron chi connectivity index (χ1n) is 6.65. The SMILES string of the molecule is CS(=O)(=O)c1ncc2c(n1)N(C1CCCC1)OC(C#N)=C2. The van der Waals surface area contributed by atoms with Crippen molar-refractivity contribution in [2.45, 2.75) is 36.9 Å². The van der Waals surface area contributed by atoms with Gasteiger partial charge in [-0.15, -0.1) is 0 Å².